The summed E-state index contributed by atoms with van der Waals surface area (Å²) in [7, 11) is 0. The van der Waals surface area contributed by atoms with Gasteiger partial charge in [-0.25, -0.2) is 23.4 Å². The summed E-state index contributed by atoms with van der Waals surface area (Å²) in [6.45, 7) is 1.03. The molecule has 1 aliphatic heterocycles. The SMILES string of the molecule is O=C(Nc1ccccc1-c1nc(C(F)F)cs1)OCC1CCN(C(=O)O)CC1. The lowest BCUT2D eigenvalue weighted by molar-refractivity contribution is 0.0948. The predicted molar refractivity (Wildman–Crippen MR) is 99.8 cm³/mol. The number of alkyl halides is 2. The number of nitrogens with zero attached hydrogens (tertiary/aromatic N) is 2. The van der Waals surface area contributed by atoms with E-state index in [0.29, 0.717) is 42.2 Å². The zero-order valence-corrected chi connectivity index (χ0v) is 15.6. The maximum Gasteiger partial charge on any atom is 0.411 e. The first-order valence-electron chi connectivity index (χ1n) is 8.68. The van der Waals surface area contributed by atoms with Crippen molar-refractivity contribution in [2.24, 2.45) is 5.92 Å². The number of thiazole rings is 1. The van der Waals surface area contributed by atoms with Gasteiger partial charge >= 0.3 is 12.2 Å². The smallest absolute Gasteiger partial charge is 0.411 e. The van der Waals surface area contributed by atoms with E-state index < -0.39 is 18.6 Å². The third-order valence-corrected chi connectivity index (χ3v) is 5.37. The number of hydrogen-bond acceptors (Lipinski definition) is 5. The number of carboxylic acid groups (broad SMARTS) is 1. The van der Waals surface area contributed by atoms with Crippen LogP contribution in [0.3, 0.4) is 0 Å². The van der Waals surface area contributed by atoms with Crippen molar-refractivity contribution in [1.82, 2.24) is 9.88 Å². The Kier molecular flexibility index (Phi) is 6.40. The van der Waals surface area contributed by atoms with E-state index in [0.717, 1.165) is 11.3 Å². The number of nitrogens with one attached hydrogen (secondary N) is 1. The van der Waals surface area contributed by atoms with Crippen molar-refractivity contribution in [3.05, 3.63) is 35.3 Å². The number of anilines is 1. The van der Waals surface area contributed by atoms with E-state index in [4.69, 9.17) is 9.84 Å². The van der Waals surface area contributed by atoms with Crippen molar-refractivity contribution in [2.75, 3.05) is 25.0 Å². The topological polar surface area (TPSA) is 91.8 Å². The monoisotopic (exact) mass is 411 g/mol. The van der Waals surface area contributed by atoms with Crippen molar-refractivity contribution in [1.29, 1.82) is 0 Å². The lowest BCUT2D eigenvalue weighted by Gasteiger charge is -2.29. The van der Waals surface area contributed by atoms with Crippen LogP contribution in [-0.4, -0.2) is 46.9 Å². The van der Waals surface area contributed by atoms with Crippen molar-refractivity contribution in [3.63, 3.8) is 0 Å². The Bertz CT molecular complexity index is 838. The molecule has 2 heterocycles. The first-order chi connectivity index (χ1) is 13.4. The fourth-order valence-corrected chi connectivity index (χ4v) is 3.77. The molecule has 2 aromatic rings. The quantitative estimate of drug-likeness (QED) is 0.745. The van der Waals surface area contributed by atoms with Gasteiger partial charge in [0.2, 0.25) is 0 Å². The Morgan fingerprint density at radius 2 is 2.04 bits per heavy atom. The van der Waals surface area contributed by atoms with E-state index in [2.05, 4.69) is 10.3 Å². The minimum atomic E-state index is -2.65. The highest BCUT2D eigenvalue weighted by atomic mass is 32.1. The number of halogens is 2. The van der Waals surface area contributed by atoms with Crippen molar-refractivity contribution < 1.29 is 28.2 Å². The van der Waals surface area contributed by atoms with Crippen LogP contribution >= 0.6 is 11.3 Å². The number of amides is 2. The highest BCUT2D eigenvalue weighted by Gasteiger charge is 2.23. The van der Waals surface area contributed by atoms with Crippen LogP contribution in [0, 0.1) is 5.92 Å². The highest BCUT2D eigenvalue weighted by Crippen LogP contribution is 2.33. The molecule has 0 atom stereocenters. The van der Waals surface area contributed by atoms with Crippen molar-refractivity contribution >= 4 is 29.2 Å². The number of para-hydroxylation sites is 1. The summed E-state index contributed by atoms with van der Waals surface area (Å²) < 4.78 is 30.8. The fraction of sp³-hybridized carbons (Fsp3) is 0.389. The number of ether oxygens (including phenoxy) is 1. The number of hydrogen-bond donors (Lipinski definition) is 2. The number of aromatic nitrogens is 1. The predicted octanol–water partition coefficient (Wildman–Crippen LogP) is 4.69. The molecule has 7 nitrogen and oxygen atoms in total. The van der Waals surface area contributed by atoms with Crippen LogP contribution in [0.4, 0.5) is 24.1 Å². The third kappa shape index (κ3) is 4.94. The second-order valence-electron chi connectivity index (χ2n) is 6.36. The van der Waals surface area contributed by atoms with Crippen LogP contribution in [0.1, 0.15) is 25.0 Å². The standard InChI is InChI=1S/C18H19F2N3O4S/c19-15(20)14-10-28-16(21-14)12-3-1-2-4-13(12)22-17(24)27-9-11-5-7-23(8-6-11)18(25)26/h1-4,10-11,15H,5-9H2,(H,22,24)(H,25,26). The molecule has 1 aromatic heterocycles. The minimum Gasteiger partial charge on any atom is -0.465 e. The van der Waals surface area contributed by atoms with Gasteiger partial charge in [0, 0.05) is 24.0 Å². The Balaban J connectivity index is 1.57. The molecule has 0 aliphatic carbocycles. The molecule has 1 fully saturated rings. The lowest BCUT2D eigenvalue weighted by Crippen LogP contribution is -2.38. The van der Waals surface area contributed by atoms with Crippen LogP contribution < -0.4 is 5.32 Å². The normalized spacial score (nSPS) is 14.9. The van der Waals surface area contributed by atoms with Gasteiger partial charge in [-0.15, -0.1) is 11.3 Å². The Morgan fingerprint density at radius 1 is 1.32 bits per heavy atom. The van der Waals surface area contributed by atoms with Gasteiger partial charge in [0.15, 0.2) is 0 Å². The molecule has 1 aromatic carbocycles. The van der Waals surface area contributed by atoms with Crippen LogP contribution in [0.25, 0.3) is 10.6 Å². The second kappa shape index (κ2) is 8.96. The summed E-state index contributed by atoms with van der Waals surface area (Å²) in [5, 5.41) is 13.2. The fourth-order valence-electron chi connectivity index (χ4n) is 2.92. The van der Waals surface area contributed by atoms with Crippen LogP contribution in [0.15, 0.2) is 29.6 Å². The summed E-state index contributed by atoms with van der Waals surface area (Å²) in [6.07, 6.45) is -2.98. The van der Waals surface area contributed by atoms with Gasteiger partial charge in [0.05, 0.1) is 12.3 Å². The number of carbonyl (C=O) groups excluding carboxylic acids is 1. The molecule has 28 heavy (non-hydrogen) atoms. The molecule has 3 rings (SSSR count). The average Bonchev–Trinajstić information content (AvgIpc) is 3.17. The molecule has 0 spiro atoms. The summed E-state index contributed by atoms with van der Waals surface area (Å²) in [5.74, 6) is 0.101. The molecule has 1 aliphatic rings. The Hall–Kier alpha value is -2.75. The first kappa shape index (κ1) is 20.0. The van der Waals surface area contributed by atoms with E-state index in [1.54, 1.807) is 24.3 Å². The van der Waals surface area contributed by atoms with Crippen molar-refractivity contribution in [2.45, 2.75) is 19.3 Å². The zero-order valence-electron chi connectivity index (χ0n) is 14.8. The largest absolute Gasteiger partial charge is 0.465 e. The van der Waals surface area contributed by atoms with Gasteiger partial charge in [-0.05, 0) is 30.9 Å². The Morgan fingerprint density at radius 3 is 2.68 bits per heavy atom. The van der Waals surface area contributed by atoms with Gasteiger partial charge in [-0.2, -0.15) is 0 Å². The number of likely N-dealkylation sites (tertiary alicyclic amines) is 1. The summed E-state index contributed by atoms with van der Waals surface area (Å²) in [5.41, 5.74) is 0.652. The number of rotatable bonds is 5. The van der Waals surface area contributed by atoms with E-state index in [-0.39, 0.29) is 18.2 Å². The van der Waals surface area contributed by atoms with E-state index in [1.807, 2.05) is 0 Å². The molecular weight excluding hydrogens is 392 g/mol. The maximum absolute atomic E-state index is 12.8. The molecule has 0 radical (unpaired) electrons. The molecule has 0 unspecified atom stereocenters. The van der Waals surface area contributed by atoms with Crippen LogP contribution in [0.5, 0.6) is 0 Å². The molecule has 1 saturated heterocycles. The van der Waals surface area contributed by atoms with Crippen LogP contribution in [0.2, 0.25) is 0 Å². The molecule has 0 bridgehead atoms. The Labute approximate surface area is 163 Å². The second-order valence-corrected chi connectivity index (χ2v) is 7.22. The average molecular weight is 411 g/mol. The van der Waals surface area contributed by atoms with E-state index in [9.17, 15) is 18.4 Å². The molecule has 2 N–H and O–H groups in total. The van der Waals surface area contributed by atoms with E-state index >= 15 is 0 Å². The minimum absolute atomic E-state index is 0.101. The summed E-state index contributed by atoms with van der Waals surface area (Å²) in [4.78, 5) is 28.3. The zero-order chi connectivity index (χ0) is 20.1. The van der Waals surface area contributed by atoms with Gasteiger partial charge in [-0.3, -0.25) is 5.32 Å². The van der Waals surface area contributed by atoms with Gasteiger partial charge in [-0.1, -0.05) is 12.1 Å². The van der Waals surface area contributed by atoms with Gasteiger partial charge in [0.1, 0.15) is 10.7 Å². The molecule has 10 heteroatoms. The molecule has 0 saturated carbocycles. The number of piperidine rings is 1. The highest BCUT2D eigenvalue weighted by molar-refractivity contribution is 7.13. The molecule has 2 amide bonds. The first-order valence-corrected chi connectivity index (χ1v) is 9.56. The third-order valence-electron chi connectivity index (χ3n) is 4.47. The van der Waals surface area contributed by atoms with Crippen LogP contribution in [-0.2, 0) is 4.74 Å². The van der Waals surface area contributed by atoms with Gasteiger partial charge in [0.25, 0.3) is 6.43 Å². The molecule has 150 valence electrons. The van der Waals surface area contributed by atoms with Crippen molar-refractivity contribution in [3.8, 4) is 10.6 Å². The molecular formula is C18H19F2N3O4S. The summed E-state index contributed by atoms with van der Waals surface area (Å²) in [6, 6.07) is 6.77. The lowest BCUT2D eigenvalue weighted by atomic mass is 9.98. The number of benzene rings is 1. The number of carbonyl (C=O) groups is 2. The maximum atomic E-state index is 12.8. The van der Waals surface area contributed by atoms with Gasteiger partial charge < -0.3 is 14.7 Å². The van der Waals surface area contributed by atoms with E-state index in [1.165, 1.54) is 10.3 Å². The summed E-state index contributed by atoms with van der Waals surface area (Å²) >= 11 is 1.07.